The van der Waals surface area contributed by atoms with Crippen molar-refractivity contribution in [1.82, 2.24) is 9.88 Å². The minimum atomic E-state index is 0.166. The molecule has 1 aliphatic rings. The molecule has 1 saturated heterocycles. The third kappa shape index (κ3) is 3.66. The maximum Gasteiger partial charge on any atom is 0.213 e. The van der Waals surface area contributed by atoms with Crippen LogP contribution in [0.15, 0.2) is 48.7 Å². The van der Waals surface area contributed by atoms with Crippen molar-refractivity contribution in [2.24, 2.45) is 0 Å². The van der Waals surface area contributed by atoms with Crippen molar-refractivity contribution in [3.05, 3.63) is 59.8 Å². The van der Waals surface area contributed by atoms with E-state index in [-0.39, 0.29) is 6.10 Å². The zero-order valence-electron chi connectivity index (χ0n) is 13.4. The highest BCUT2D eigenvalue weighted by atomic mass is 16.5. The van der Waals surface area contributed by atoms with E-state index in [9.17, 15) is 0 Å². The standard InChI is InChI=1S/C19H24N2O/c1-15(2)22-19-11-10-17(13-20-19)18-9-6-12-21(18)14-16-7-4-3-5-8-16/h3-5,7-8,10-11,13,15,18H,6,9,12,14H2,1-2H3/t18-/m1/s1. The average Bonchev–Trinajstić information content (AvgIpc) is 2.97. The molecule has 2 heterocycles. The van der Waals surface area contributed by atoms with Gasteiger partial charge in [0, 0.05) is 24.8 Å². The van der Waals surface area contributed by atoms with Crippen LogP contribution in [0.5, 0.6) is 5.88 Å². The molecular weight excluding hydrogens is 272 g/mol. The molecule has 3 rings (SSSR count). The minimum absolute atomic E-state index is 0.166. The maximum absolute atomic E-state index is 5.63. The second-order valence-electron chi connectivity index (χ2n) is 6.21. The molecule has 1 fully saturated rings. The third-order valence-electron chi connectivity index (χ3n) is 4.09. The number of benzene rings is 1. The monoisotopic (exact) mass is 296 g/mol. The molecule has 1 atom stereocenters. The molecule has 116 valence electrons. The van der Waals surface area contributed by atoms with E-state index in [0.29, 0.717) is 11.9 Å². The Kier molecular flexibility index (Phi) is 4.74. The van der Waals surface area contributed by atoms with Gasteiger partial charge in [-0.05, 0) is 44.4 Å². The van der Waals surface area contributed by atoms with Crippen LogP contribution in [0.3, 0.4) is 0 Å². The number of rotatable bonds is 5. The first-order valence-corrected chi connectivity index (χ1v) is 8.13. The molecule has 3 heteroatoms. The lowest BCUT2D eigenvalue weighted by atomic mass is 10.1. The van der Waals surface area contributed by atoms with Crippen LogP contribution in [0.4, 0.5) is 0 Å². The van der Waals surface area contributed by atoms with Crippen molar-refractivity contribution in [2.75, 3.05) is 6.54 Å². The Balaban J connectivity index is 1.70. The van der Waals surface area contributed by atoms with E-state index >= 15 is 0 Å². The molecule has 0 N–H and O–H groups in total. The molecule has 22 heavy (non-hydrogen) atoms. The van der Waals surface area contributed by atoms with Gasteiger partial charge in [-0.25, -0.2) is 4.98 Å². The predicted molar refractivity (Wildman–Crippen MR) is 88.8 cm³/mol. The molecule has 2 aromatic rings. The maximum atomic E-state index is 5.63. The molecule has 1 aliphatic heterocycles. The van der Waals surface area contributed by atoms with Gasteiger partial charge in [-0.1, -0.05) is 36.4 Å². The summed E-state index contributed by atoms with van der Waals surface area (Å²) in [6.45, 7) is 6.21. The van der Waals surface area contributed by atoms with Gasteiger partial charge < -0.3 is 4.74 Å². The minimum Gasteiger partial charge on any atom is -0.475 e. The smallest absolute Gasteiger partial charge is 0.213 e. The molecule has 3 nitrogen and oxygen atoms in total. The van der Waals surface area contributed by atoms with E-state index in [0.717, 1.165) is 13.1 Å². The van der Waals surface area contributed by atoms with E-state index in [1.165, 1.54) is 24.0 Å². The quantitative estimate of drug-likeness (QED) is 0.826. The summed E-state index contributed by atoms with van der Waals surface area (Å²) in [6, 6.07) is 15.3. The van der Waals surface area contributed by atoms with Crippen molar-refractivity contribution < 1.29 is 4.74 Å². The van der Waals surface area contributed by atoms with Crippen LogP contribution < -0.4 is 4.74 Å². The Labute approximate surface area is 132 Å². The molecule has 1 aromatic heterocycles. The van der Waals surface area contributed by atoms with E-state index in [4.69, 9.17) is 4.74 Å². The van der Waals surface area contributed by atoms with Crippen LogP contribution in [0, 0.1) is 0 Å². The Morgan fingerprint density at radius 1 is 1.18 bits per heavy atom. The average molecular weight is 296 g/mol. The summed E-state index contributed by atoms with van der Waals surface area (Å²) < 4.78 is 5.63. The Hall–Kier alpha value is -1.87. The molecule has 1 aromatic carbocycles. The molecule has 0 bridgehead atoms. The number of hydrogen-bond donors (Lipinski definition) is 0. The van der Waals surface area contributed by atoms with Gasteiger partial charge >= 0.3 is 0 Å². The number of pyridine rings is 1. The third-order valence-corrected chi connectivity index (χ3v) is 4.09. The van der Waals surface area contributed by atoms with Crippen LogP contribution in [-0.4, -0.2) is 22.5 Å². The van der Waals surface area contributed by atoms with Gasteiger partial charge in [0.25, 0.3) is 0 Å². The summed E-state index contributed by atoms with van der Waals surface area (Å²) in [5.74, 6) is 0.714. The first-order chi connectivity index (χ1) is 10.7. The summed E-state index contributed by atoms with van der Waals surface area (Å²) in [5.41, 5.74) is 2.67. The van der Waals surface area contributed by atoms with E-state index in [1.54, 1.807) is 0 Å². The van der Waals surface area contributed by atoms with Crippen LogP contribution >= 0.6 is 0 Å². The summed E-state index contributed by atoms with van der Waals surface area (Å²) in [7, 11) is 0. The largest absolute Gasteiger partial charge is 0.475 e. The lowest BCUT2D eigenvalue weighted by Gasteiger charge is -2.24. The highest BCUT2D eigenvalue weighted by molar-refractivity contribution is 5.23. The highest BCUT2D eigenvalue weighted by Crippen LogP contribution is 2.33. The lowest BCUT2D eigenvalue weighted by Crippen LogP contribution is -2.22. The molecule has 0 spiro atoms. The summed E-state index contributed by atoms with van der Waals surface area (Å²) >= 11 is 0. The highest BCUT2D eigenvalue weighted by Gasteiger charge is 2.26. The topological polar surface area (TPSA) is 25.4 Å². The second-order valence-corrected chi connectivity index (χ2v) is 6.21. The second kappa shape index (κ2) is 6.93. The fourth-order valence-electron chi connectivity index (χ4n) is 3.11. The molecular formula is C19H24N2O. The molecule has 0 radical (unpaired) electrons. The fraction of sp³-hybridized carbons (Fsp3) is 0.421. The van der Waals surface area contributed by atoms with E-state index < -0.39 is 0 Å². The number of likely N-dealkylation sites (tertiary alicyclic amines) is 1. The van der Waals surface area contributed by atoms with Gasteiger partial charge in [-0.3, -0.25) is 4.90 Å². The molecule has 0 amide bonds. The van der Waals surface area contributed by atoms with Crippen molar-refractivity contribution in [2.45, 2.75) is 45.4 Å². The van der Waals surface area contributed by atoms with Gasteiger partial charge in [0.15, 0.2) is 0 Å². The van der Waals surface area contributed by atoms with Gasteiger partial charge in [0.2, 0.25) is 5.88 Å². The summed E-state index contributed by atoms with van der Waals surface area (Å²) in [4.78, 5) is 7.01. The first-order valence-electron chi connectivity index (χ1n) is 8.13. The van der Waals surface area contributed by atoms with E-state index in [1.807, 2.05) is 26.1 Å². The number of ether oxygens (including phenoxy) is 1. The van der Waals surface area contributed by atoms with Gasteiger partial charge in [-0.2, -0.15) is 0 Å². The van der Waals surface area contributed by atoms with Crippen molar-refractivity contribution in [3.8, 4) is 5.88 Å². The van der Waals surface area contributed by atoms with Crippen LogP contribution in [-0.2, 0) is 6.54 Å². The van der Waals surface area contributed by atoms with Crippen LogP contribution in [0.1, 0.15) is 43.9 Å². The lowest BCUT2D eigenvalue weighted by molar-refractivity contribution is 0.230. The summed E-state index contributed by atoms with van der Waals surface area (Å²) in [5, 5.41) is 0. The van der Waals surface area contributed by atoms with Crippen molar-refractivity contribution in [1.29, 1.82) is 0 Å². The fourth-order valence-corrected chi connectivity index (χ4v) is 3.11. The number of aromatic nitrogens is 1. The van der Waals surface area contributed by atoms with Crippen molar-refractivity contribution in [3.63, 3.8) is 0 Å². The van der Waals surface area contributed by atoms with Gasteiger partial charge in [0.05, 0.1) is 6.10 Å². The van der Waals surface area contributed by atoms with Crippen molar-refractivity contribution >= 4 is 0 Å². The number of hydrogen-bond acceptors (Lipinski definition) is 3. The van der Waals surface area contributed by atoms with Gasteiger partial charge in [0.1, 0.15) is 0 Å². The first kappa shape index (κ1) is 15.0. The van der Waals surface area contributed by atoms with E-state index in [2.05, 4.69) is 46.3 Å². The zero-order valence-corrected chi connectivity index (χ0v) is 13.4. The Bertz CT molecular complexity index is 580. The number of nitrogens with zero attached hydrogens (tertiary/aromatic N) is 2. The van der Waals surface area contributed by atoms with Crippen LogP contribution in [0.2, 0.25) is 0 Å². The molecule has 0 saturated carbocycles. The SMILES string of the molecule is CC(C)Oc1ccc([C@H]2CCCN2Cc2ccccc2)cn1. The van der Waals surface area contributed by atoms with Gasteiger partial charge in [-0.15, -0.1) is 0 Å². The predicted octanol–water partition coefficient (Wildman–Crippen LogP) is 4.21. The zero-order chi connectivity index (χ0) is 15.4. The Morgan fingerprint density at radius 3 is 2.68 bits per heavy atom. The normalized spacial score (nSPS) is 18.8. The summed E-state index contributed by atoms with van der Waals surface area (Å²) in [6.07, 6.45) is 4.60. The Morgan fingerprint density at radius 2 is 2.00 bits per heavy atom. The van der Waals surface area contributed by atoms with Crippen LogP contribution in [0.25, 0.3) is 0 Å². The molecule has 0 unspecified atom stereocenters. The molecule has 0 aliphatic carbocycles.